The number of likely N-dealkylation sites (tertiary alicyclic amines) is 2. The van der Waals surface area contributed by atoms with Crippen molar-refractivity contribution in [2.45, 2.75) is 68.6 Å². The number of piperidine rings is 1. The first kappa shape index (κ1) is 23.0. The lowest BCUT2D eigenvalue weighted by Gasteiger charge is -2.37. The minimum atomic E-state index is -4.61. The Balaban J connectivity index is 1.53. The van der Waals surface area contributed by atoms with E-state index in [1.807, 2.05) is 5.38 Å². The molecule has 2 aliphatic heterocycles. The van der Waals surface area contributed by atoms with Crippen molar-refractivity contribution in [3.05, 3.63) is 52.0 Å². The monoisotopic (exact) mass is 491 g/mol. The molecule has 1 aliphatic carbocycles. The maximum atomic E-state index is 13.7. The van der Waals surface area contributed by atoms with Crippen molar-refractivity contribution in [1.29, 1.82) is 0 Å². The second-order valence-electron chi connectivity index (χ2n) is 9.28. The van der Waals surface area contributed by atoms with E-state index in [9.17, 15) is 27.6 Å². The van der Waals surface area contributed by atoms with E-state index in [0.29, 0.717) is 19.4 Å². The average molecular weight is 492 g/mol. The number of halogens is 3. The number of alkyl halides is 3. The van der Waals surface area contributed by atoms with Gasteiger partial charge in [-0.05, 0) is 43.7 Å². The smallest absolute Gasteiger partial charge is 0.333 e. The van der Waals surface area contributed by atoms with Crippen LogP contribution in [-0.2, 0) is 26.0 Å². The van der Waals surface area contributed by atoms with Gasteiger partial charge in [-0.15, -0.1) is 11.3 Å². The maximum absolute atomic E-state index is 13.7. The SMILES string of the molecule is O=C1C[C@](CC(=O)N2CCCC[C@H]2c2nccs2)(c2cccc(C(F)(F)F)c2)C(=O)N1C1CC1. The molecule has 0 radical (unpaired) electrons. The summed E-state index contributed by atoms with van der Waals surface area (Å²) in [6.45, 7) is 0.482. The van der Waals surface area contributed by atoms with E-state index in [1.165, 1.54) is 28.4 Å². The second-order valence-corrected chi connectivity index (χ2v) is 10.2. The zero-order chi connectivity index (χ0) is 24.1. The van der Waals surface area contributed by atoms with Crippen molar-refractivity contribution in [2.75, 3.05) is 6.54 Å². The summed E-state index contributed by atoms with van der Waals surface area (Å²) in [5.74, 6) is -1.32. The van der Waals surface area contributed by atoms with Gasteiger partial charge in [0.2, 0.25) is 17.7 Å². The summed E-state index contributed by atoms with van der Waals surface area (Å²) in [7, 11) is 0. The molecule has 5 rings (SSSR count). The maximum Gasteiger partial charge on any atom is 0.416 e. The van der Waals surface area contributed by atoms with Gasteiger partial charge in [0.05, 0.1) is 17.0 Å². The molecule has 10 heteroatoms. The van der Waals surface area contributed by atoms with Gasteiger partial charge in [0.15, 0.2) is 0 Å². The second kappa shape index (κ2) is 8.48. The van der Waals surface area contributed by atoms with Gasteiger partial charge in [-0.1, -0.05) is 18.2 Å². The Hall–Kier alpha value is -2.75. The van der Waals surface area contributed by atoms with Crippen molar-refractivity contribution in [1.82, 2.24) is 14.8 Å². The highest BCUT2D eigenvalue weighted by molar-refractivity contribution is 7.09. The predicted molar refractivity (Wildman–Crippen MR) is 118 cm³/mol. The minimum Gasteiger partial charge on any atom is -0.333 e. The highest BCUT2D eigenvalue weighted by atomic mass is 32.1. The average Bonchev–Trinajstić information content (AvgIpc) is 3.41. The highest BCUT2D eigenvalue weighted by Gasteiger charge is 2.57. The number of imide groups is 1. The number of rotatable bonds is 5. The largest absolute Gasteiger partial charge is 0.416 e. The van der Waals surface area contributed by atoms with Crippen LogP contribution in [0.15, 0.2) is 35.8 Å². The lowest BCUT2D eigenvalue weighted by molar-refractivity contribution is -0.144. The Morgan fingerprint density at radius 2 is 1.97 bits per heavy atom. The number of carbonyl (C=O) groups is 3. The molecule has 0 unspecified atom stereocenters. The summed E-state index contributed by atoms with van der Waals surface area (Å²) in [6.07, 6.45) is 0.252. The van der Waals surface area contributed by atoms with Gasteiger partial charge in [-0.25, -0.2) is 4.98 Å². The zero-order valence-electron chi connectivity index (χ0n) is 18.4. The molecule has 3 amide bonds. The summed E-state index contributed by atoms with van der Waals surface area (Å²) < 4.78 is 40.5. The quantitative estimate of drug-likeness (QED) is 0.579. The van der Waals surface area contributed by atoms with Crippen molar-refractivity contribution >= 4 is 29.1 Å². The molecule has 3 aliphatic rings. The predicted octanol–water partition coefficient (Wildman–Crippen LogP) is 4.46. The van der Waals surface area contributed by atoms with Crippen LogP contribution in [0, 0.1) is 0 Å². The molecule has 180 valence electrons. The van der Waals surface area contributed by atoms with E-state index < -0.39 is 29.0 Å². The summed E-state index contributed by atoms with van der Waals surface area (Å²) >= 11 is 1.45. The van der Waals surface area contributed by atoms with Gasteiger partial charge < -0.3 is 4.90 Å². The number of hydrogen-bond donors (Lipinski definition) is 0. The lowest BCUT2D eigenvalue weighted by atomic mass is 9.75. The highest BCUT2D eigenvalue weighted by Crippen LogP contribution is 2.46. The van der Waals surface area contributed by atoms with Crippen molar-refractivity contribution < 1.29 is 27.6 Å². The zero-order valence-corrected chi connectivity index (χ0v) is 19.2. The molecular formula is C24H24F3N3O3S. The summed E-state index contributed by atoms with van der Waals surface area (Å²) in [5.41, 5.74) is -2.47. The summed E-state index contributed by atoms with van der Waals surface area (Å²) in [5, 5.41) is 2.64. The van der Waals surface area contributed by atoms with Crippen molar-refractivity contribution in [3.8, 4) is 0 Å². The van der Waals surface area contributed by atoms with E-state index in [-0.39, 0.29) is 36.4 Å². The molecule has 0 spiro atoms. The van der Waals surface area contributed by atoms with E-state index in [4.69, 9.17) is 0 Å². The number of carbonyl (C=O) groups excluding carboxylic acids is 3. The Morgan fingerprint density at radius 3 is 2.65 bits per heavy atom. The third-order valence-electron chi connectivity index (χ3n) is 7.02. The molecule has 34 heavy (non-hydrogen) atoms. The topological polar surface area (TPSA) is 70.6 Å². The summed E-state index contributed by atoms with van der Waals surface area (Å²) in [6, 6.07) is 4.07. The number of aromatic nitrogens is 1. The van der Waals surface area contributed by atoms with Crippen LogP contribution in [0.2, 0.25) is 0 Å². The summed E-state index contributed by atoms with van der Waals surface area (Å²) in [4.78, 5) is 47.4. The molecule has 1 aromatic carbocycles. The van der Waals surface area contributed by atoms with Crippen LogP contribution in [-0.4, -0.2) is 45.1 Å². The molecule has 0 bridgehead atoms. The molecule has 1 aromatic heterocycles. The molecule has 3 fully saturated rings. The minimum absolute atomic E-state index is 0.0694. The molecular weight excluding hydrogens is 467 g/mol. The lowest BCUT2D eigenvalue weighted by Crippen LogP contribution is -2.46. The number of thiazole rings is 1. The molecule has 6 nitrogen and oxygen atoms in total. The van der Waals surface area contributed by atoms with Gasteiger partial charge >= 0.3 is 6.18 Å². The number of benzene rings is 1. The molecule has 2 atom stereocenters. The normalized spacial score (nSPS) is 25.8. The van der Waals surface area contributed by atoms with Crippen LogP contribution in [0.3, 0.4) is 0 Å². The first-order valence-electron chi connectivity index (χ1n) is 11.4. The van der Waals surface area contributed by atoms with Crippen LogP contribution in [0.1, 0.15) is 67.1 Å². The Kier molecular flexibility index (Phi) is 5.74. The van der Waals surface area contributed by atoms with Gasteiger partial charge in [-0.3, -0.25) is 19.3 Å². The number of hydrogen-bond acceptors (Lipinski definition) is 5. The number of amides is 3. The van der Waals surface area contributed by atoms with Crippen LogP contribution in [0.5, 0.6) is 0 Å². The van der Waals surface area contributed by atoms with Crippen LogP contribution < -0.4 is 0 Å². The third kappa shape index (κ3) is 4.01. The van der Waals surface area contributed by atoms with Crippen LogP contribution in [0.4, 0.5) is 13.2 Å². The Labute approximate surface area is 198 Å². The van der Waals surface area contributed by atoms with Crippen LogP contribution >= 0.6 is 11.3 Å². The van der Waals surface area contributed by atoms with Gasteiger partial charge in [0.1, 0.15) is 5.01 Å². The van der Waals surface area contributed by atoms with E-state index in [1.54, 1.807) is 11.1 Å². The van der Waals surface area contributed by atoms with Crippen LogP contribution in [0.25, 0.3) is 0 Å². The first-order chi connectivity index (χ1) is 16.2. The fourth-order valence-electron chi connectivity index (χ4n) is 5.17. The Bertz CT molecular complexity index is 1120. The Morgan fingerprint density at radius 1 is 1.18 bits per heavy atom. The van der Waals surface area contributed by atoms with Crippen molar-refractivity contribution in [3.63, 3.8) is 0 Å². The molecule has 1 saturated carbocycles. The van der Waals surface area contributed by atoms with Crippen molar-refractivity contribution in [2.24, 2.45) is 0 Å². The standard InChI is InChI=1S/C24H24F3N3O3S/c25-24(26,27)16-5-3-4-15(12-16)23(14-20(32)30(22(23)33)17-7-8-17)13-19(31)29-10-2-1-6-18(29)21-28-9-11-34-21/h3-5,9,11-12,17-18H,1-2,6-8,10,13-14H2/t18-,23+/m0/s1. The van der Waals surface area contributed by atoms with E-state index >= 15 is 0 Å². The van der Waals surface area contributed by atoms with Gasteiger partial charge in [0.25, 0.3) is 0 Å². The molecule has 0 N–H and O–H groups in total. The van der Waals surface area contributed by atoms with E-state index in [2.05, 4.69) is 4.98 Å². The third-order valence-corrected chi connectivity index (χ3v) is 7.89. The van der Waals surface area contributed by atoms with E-state index in [0.717, 1.165) is 36.4 Å². The molecule has 3 heterocycles. The molecule has 2 aromatic rings. The van der Waals surface area contributed by atoms with Gasteiger partial charge in [0, 0.05) is 37.0 Å². The first-order valence-corrected chi connectivity index (χ1v) is 12.3. The fourth-order valence-corrected chi connectivity index (χ4v) is 5.95. The molecule has 2 saturated heterocycles. The number of nitrogens with zero attached hydrogens (tertiary/aromatic N) is 3. The fraction of sp³-hybridized carbons (Fsp3) is 0.500. The van der Waals surface area contributed by atoms with Gasteiger partial charge in [-0.2, -0.15) is 13.2 Å².